The van der Waals surface area contributed by atoms with Gasteiger partial charge in [-0.2, -0.15) is 4.98 Å². The molecule has 2 aromatic rings. The molecule has 0 saturated carbocycles. The summed E-state index contributed by atoms with van der Waals surface area (Å²) in [4.78, 5) is 19.2. The number of hydrogen-bond acceptors (Lipinski definition) is 6. The maximum atomic E-state index is 10.9. The van der Waals surface area contributed by atoms with Gasteiger partial charge in [-0.05, 0) is 19.1 Å². The Labute approximate surface area is 110 Å². The van der Waals surface area contributed by atoms with Crippen LogP contribution in [0.5, 0.6) is 5.75 Å². The summed E-state index contributed by atoms with van der Waals surface area (Å²) >= 11 is 0. The van der Waals surface area contributed by atoms with Crippen molar-refractivity contribution < 1.29 is 14.1 Å². The Morgan fingerprint density at radius 3 is 2.79 bits per heavy atom. The highest BCUT2D eigenvalue weighted by Gasteiger charge is 2.11. The fourth-order valence-electron chi connectivity index (χ4n) is 1.47. The largest absolute Gasteiger partial charge is 0.481 e. The van der Waals surface area contributed by atoms with Gasteiger partial charge in [0.15, 0.2) is 18.7 Å². The van der Waals surface area contributed by atoms with Crippen molar-refractivity contribution in [2.24, 2.45) is 0 Å². The van der Waals surface area contributed by atoms with E-state index in [1.165, 1.54) is 0 Å². The zero-order chi connectivity index (χ0) is 13.8. The molecule has 0 atom stereocenters. The fraction of sp³-hybridized carbons (Fsp3) is 0.385. The summed E-state index contributed by atoms with van der Waals surface area (Å²) in [5, 5.41) is 3.83. The van der Waals surface area contributed by atoms with Gasteiger partial charge in [-0.1, -0.05) is 19.0 Å². The lowest BCUT2D eigenvalue weighted by atomic mass is 10.2. The van der Waals surface area contributed by atoms with Crippen molar-refractivity contribution in [3.05, 3.63) is 35.2 Å². The highest BCUT2D eigenvalue weighted by atomic mass is 16.5. The van der Waals surface area contributed by atoms with Crippen LogP contribution in [-0.4, -0.2) is 21.4 Å². The lowest BCUT2D eigenvalue weighted by molar-refractivity contribution is 0.111. The van der Waals surface area contributed by atoms with E-state index in [2.05, 4.69) is 15.1 Å². The Balaban J connectivity index is 2.07. The first-order chi connectivity index (χ1) is 9.10. The number of rotatable bonds is 5. The summed E-state index contributed by atoms with van der Waals surface area (Å²) < 4.78 is 10.5. The number of carbonyl (C=O) groups is 1. The zero-order valence-corrected chi connectivity index (χ0v) is 11.1. The number of ether oxygens (including phenoxy) is 1. The minimum atomic E-state index is 0.116. The first-order valence-electron chi connectivity index (χ1n) is 5.98. The van der Waals surface area contributed by atoms with Gasteiger partial charge in [0.05, 0.1) is 0 Å². The van der Waals surface area contributed by atoms with Gasteiger partial charge in [0, 0.05) is 11.6 Å². The van der Waals surface area contributed by atoms with E-state index in [-0.39, 0.29) is 18.2 Å². The fourth-order valence-corrected chi connectivity index (χ4v) is 1.47. The van der Waals surface area contributed by atoms with Crippen LogP contribution in [0, 0.1) is 6.92 Å². The highest BCUT2D eigenvalue weighted by molar-refractivity contribution is 5.76. The molecular formula is C13H15N3O3. The van der Waals surface area contributed by atoms with Gasteiger partial charge >= 0.3 is 0 Å². The van der Waals surface area contributed by atoms with Crippen molar-refractivity contribution >= 4 is 6.29 Å². The quantitative estimate of drug-likeness (QED) is 0.768. The van der Waals surface area contributed by atoms with Crippen LogP contribution in [0.15, 0.2) is 16.7 Å². The molecule has 19 heavy (non-hydrogen) atoms. The molecule has 0 saturated heterocycles. The summed E-state index contributed by atoms with van der Waals surface area (Å²) in [5.74, 6) is 1.62. The third-order valence-corrected chi connectivity index (χ3v) is 2.49. The first-order valence-corrected chi connectivity index (χ1v) is 5.98. The monoisotopic (exact) mass is 261 g/mol. The number of carbonyl (C=O) groups excluding carboxylic acids is 1. The summed E-state index contributed by atoms with van der Waals surface area (Å²) in [5.41, 5.74) is 1.03. The van der Waals surface area contributed by atoms with Crippen LogP contribution in [0.1, 0.15) is 47.7 Å². The third-order valence-electron chi connectivity index (χ3n) is 2.49. The predicted molar refractivity (Wildman–Crippen MR) is 67.1 cm³/mol. The van der Waals surface area contributed by atoms with Crippen LogP contribution >= 0.6 is 0 Å². The number of hydrogen-bond donors (Lipinski definition) is 0. The molecule has 6 heteroatoms. The number of aryl methyl sites for hydroxylation is 1. The highest BCUT2D eigenvalue weighted by Crippen LogP contribution is 2.17. The predicted octanol–water partition coefficient (Wildman–Crippen LogP) is 2.29. The molecule has 0 amide bonds. The van der Waals surface area contributed by atoms with Gasteiger partial charge in [-0.15, -0.1) is 0 Å². The van der Waals surface area contributed by atoms with E-state index in [1.807, 2.05) is 20.8 Å². The smallest absolute Gasteiger partial charge is 0.264 e. The van der Waals surface area contributed by atoms with Crippen LogP contribution in [0.3, 0.4) is 0 Å². The van der Waals surface area contributed by atoms with Crippen LogP contribution in [0.25, 0.3) is 0 Å². The van der Waals surface area contributed by atoms with E-state index in [0.29, 0.717) is 23.8 Å². The number of pyridine rings is 1. The maximum absolute atomic E-state index is 10.9. The zero-order valence-electron chi connectivity index (χ0n) is 11.1. The topological polar surface area (TPSA) is 78.1 Å². The van der Waals surface area contributed by atoms with Gasteiger partial charge in [0.25, 0.3) is 5.89 Å². The van der Waals surface area contributed by atoms with Gasteiger partial charge in [0.1, 0.15) is 11.4 Å². The summed E-state index contributed by atoms with van der Waals surface area (Å²) in [6.45, 7) is 5.88. The Kier molecular flexibility index (Phi) is 3.89. The second-order valence-corrected chi connectivity index (χ2v) is 4.44. The molecule has 100 valence electrons. The van der Waals surface area contributed by atoms with E-state index in [0.717, 1.165) is 5.69 Å². The van der Waals surface area contributed by atoms with E-state index < -0.39 is 0 Å². The summed E-state index contributed by atoms with van der Waals surface area (Å²) in [6.07, 6.45) is 0.662. The molecule has 6 nitrogen and oxygen atoms in total. The number of nitrogens with zero attached hydrogens (tertiary/aromatic N) is 3. The molecule has 0 aromatic carbocycles. The van der Waals surface area contributed by atoms with Crippen LogP contribution in [-0.2, 0) is 6.61 Å². The van der Waals surface area contributed by atoms with Crippen molar-refractivity contribution in [2.75, 3.05) is 0 Å². The maximum Gasteiger partial charge on any atom is 0.264 e. The molecule has 0 aliphatic rings. The molecule has 0 N–H and O–H groups in total. The summed E-state index contributed by atoms with van der Waals surface area (Å²) in [7, 11) is 0. The van der Waals surface area contributed by atoms with E-state index >= 15 is 0 Å². The van der Waals surface area contributed by atoms with Crippen molar-refractivity contribution in [3.63, 3.8) is 0 Å². The van der Waals surface area contributed by atoms with Crippen molar-refractivity contribution in [1.29, 1.82) is 0 Å². The molecule has 0 fully saturated rings. The van der Waals surface area contributed by atoms with E-state index in [1.54, 1.807) is 12.1 Å². The average Bonchev–Trinajstić information content (AvgIpc) is 2.86. The normalized spacial score (nSPS) is 10.7. The van der Waals surface area contributed by atoms with Crippen LogP contribution in [0.2, 0.25) is 0 Å². The Morgan fingerprint density at radius 1 is 1.37 bits per heavy atom. The van der Waals surface area contributed by atoms with Crippen molar-refractivity contribution in [3.8, 4) is 5.75 Å². The van der Waals surface area contributed by atoms with E-state index in [9.17, 15) is 4.79 Å². The first kappa shape index (κ1) is 13.2. The second-order valence-electron chi connectivity index (χ2n) is 4.44. The van der Waals surface area contributed by atoms with Gasteiger partial charge in [-0.25, -0.2) is 4.98 Å². The molecule has 0 unspecified atom stereocenters. The van der Waals surface area contributed by atoms with Gasteiger partial charge < -0.3 is 9.26 Å². The van der Waals surface area contributed by atoms with E-state index in [4.69, 9.17) is 9.26 Å². The van der Waals surface area contributed by atoms with Gasteiger partial charge in [0.2, 0.25) is 0 Å². The van der Waals surface area contributed by atoms with Gasteiger partial charge in [-0.3, -0.25) is 4.79 Å². The molecule has 0 bridgehead atoms. The Bertz CT molecular complexity index is 578. The Hall–Kier alpha value is -2.24. The molecule has 0 aliphatic heterocycles. The number of aldehydes is 1. The van der Waals surface area contributed by atoms with Crippen LogP contribution < -0.4 is 4.74 Å². The second kappa shape index (κ2) is 5.60. The van der Waals surface area contributed by atoms with Crippen molar-refractivity contribution in [2.45, 2.75) is 33.3 Å². The number of aromatic nitrogens is 3. The molecule has 2 aromatic heterocycles. The average molecular weight is 261 g/mol. The molecule has 0 aliphatic carbocycles. The molecular weight excluding hydrogens is 246 g/mol. The minimum absolute atomic E-state index is 0.116. The standard InChI is InChI=1S/C13H15N3O3/c1-8(2)13-15-12(19-16-13)7-18-11-5-4-9(3)14-10(11)6-17/h4-6,8H,7H2,1-3H3. The molecule has 2 rings (SSSR count). The summed E-state index contributed by atoms with van der Waals surface area (Å²) in [6, 6.07) is 3.47. The SMILES string of the molecule is Cc1ccc(OCc2nc(C(C)C)no2)c(C=O)n1. The molecule has 0 radical (unpaired) electrons. The minimum Gasteiger partial charge on any atom is -0.481 e. The van der Waals surface area contributed by atoms with Crippen molar-refractivity contribution in [1.82, 2.24) is 15.1 Å². The lowest BCUT2D eigenvalue weighted by Crippen LogP contribution is -2.01. The molecule has 2 heterocycles. The third kappa shape index (κ3) is 3.15. The van der Waals surface area contributed by atoms with Crippen LogP contribution in [0.4, 0.5) is 0 Å². The Morgan fingerprint density at radius 2 is 2.16 bits per heavy atom. The lowest BCUT2D eigenvalue weighted by Gasteiger charge is -2.05. The molecule has 0 spiro atoms.